The van der Waals surface area contributed by atoms with Gasteiger partial charge in [-0.2, -0.15) is 5.10 Å². The molecule has 0 radical (unpaired) electrons. The second-order valence-corrected chi connectivity index (χ2v) is 2.51. The van der Waals surface area contributed by atoms with Crippen LogP contribution in [0, 0.1) is 0 Å². The van der Waals surface area contributed by atoms with Crippen LogP contribution in [-0.4, -0.2) is 28.4 Å². The van der Waals surface area contributed by atoms with E-state index in [2.05, 4.69) is 5.10 Å². The maximum atomic E-state index is 10.2. The first-order valence-electron chi connectivity index (χ1n) is 2.52. The van der Waals surface area contributed by atoms with Crippen molar-refractivity contribution in [3.8, 4) is 0 Å². The zero-order valence-electron chi connectivity index (χ0n) is 6.04. The third-order valence-corrected chi connectivity index (χ3v) is 1.74. The van der Waals surface area contributed by atoms with E-state index in [1.807, 2.05) is 0 Å². The van der Waals surface area contributed by atoms with Crippen LogP contribution >= 0.6 is 45.7 Å². The molecule has 0 heterocycles. The number of nitrogens with two attached hydrogens (primary N) is 2. The largest absolute Gasteiger partial charge is 0.480 e. The van der Waals surface area contributed by atoms with Crippen LogP contribution in [0.5, 0.6) is 0 Å². The molecule has 5 nitrogen and oxygen atoms in total. The van der Waals surface area contributed by atoms with Gasteiger partial charge < -0.3 is 16.7 Å². The highest BCUT2D eigenvalue weighted by Crippen LogP contribution is 2.04. The number of thioether (sulfide) groups is 1. The van der Waals surface area contributed by atoms with Gasteiger partial charge in [-0.25, -0.2) is 0 Å². The van der Waals surface area contributed by atoms with E-state index in [-0.39, 0.29) is 40.5 Å². The highest BCUT2D eigenvalue weighted by molar-refractivity contribution is 8.93. The van der Waals surface area contributed by atoms with Crippen LogP contribution in [0.3, 0.4) is 0 Å². The number of carbonyl (C=O) groups is 1. The molecule has 1 unspecified atom stereocenters. The molecule has 5 N–H and O–H groups in total. The van der Waals surface area contributed by atoms with Gasteiger partial charge in [0.25, 0.3) is 0 Å². The van der Waals surface area contributed by atoms with Gasteiger partial charge >= 0.3 is 5.97 Å². The molecule has 0 fully saturated rings. The number of hydrogen-bond acceptors (Lipinski definition) is 5. The van der Waals surface area contributed by atoms with Crippen molar-refractivity contribution in [1.82, 2.24) is 0 Å². The Hall–Kier alpha value is 0.210. The minimum atomic E-state index is -0.951. The topological polar surface area (TPSA) is 102 Å². The molecule has 0 amide bonds. The van der Waals surface area contributed by atoms with Crippen molar-refractivity contribution in [2.24, 2.45) is 16.7 Å². The Bertz CT molecular complexity index is 146. The van der Waals surface area contributed by atoms with Gasteiger partial charge in [-0.15, -0.1) is 34.0 Å². The summed E-state index contributed by atoms with van der Waals surface area (Å²) >= 11 is 0.988. The third kappa shape index (κ3) is 8.31. The molecule has 1 atom stereocenters. The quantitative estimate of drug-likeness (QED) is 0.296. The van der Waals surface area contributed by atoms with Crippen molar-refractivity contribution < 1.29 is 9.90 Å². The van der Waals surface area contributed by atoms with E-state index in [0.29, 0.717) is 0 Å². The first kappa shape index (κ1) is 18.1. The van der Waals surface area contributed by atoms with Gasteiger partial charge in [0.1, 0.15) is 5.25 Å². The molecule has 0 bridgehead atoms. The van der Waals surface area contributed by atoms with Crippen LogP contribution < -0.4 is 11.6 Å². The summed E-state index contributed by atoms with van der Waals surface area (Å²) in [5.74, 6) is 3.80. The predicted octanol–water partition coefficient (Wildman–Crippen LogP) is 0.189. The van der Waals surface area contributed by atoms with Gasteiger partial charge in [0.05, 0.1) is 5.55 Å². The van der Waals surface area contributed by atoms with Crippen LogP contribution in [0.2, 0.25) is 0 Å². The second kappa shape index (κ2) is 11.2. The molecule has 12 heavy (non-hydrogen) atoms. The molecule has 74 valence electrons. The highest BCUT2D eigenvalue weighted by Gasteiger charge is 2.13. The smallest absolute Gasteiger partial charge is 0.318 e. The van der Waals surface area contributed by atoms with Crippen molar-refractivity contribution in [2.75, 3.05) is 6.54 Å². The Morgan fingerprint density at radius 2 is 2.17 bits per heavy atom. The van der Waals surface area contributed by atoms with E-state index >= 15 is 0 Å². The maximum Gasteiger partial charge on any atom is 0.318 e. The van der Waals surface area contributed by atoms with Crippen LogP contribution in [0.15, 0.2) is 5.10 Å². The molecule has 0 saturated carbocycles. The Kier molecular flexibility index (Phi) is 16.9. The van der Waals surface area contributed by atoms with Crippen LogP contribution in [0.1, 0.15) is 0 Å². The summed E-state index contributed by atoms with van der Waals surface area (Å²) in [5.41, 5.74) is 6.37. The van der Waals surface area contributed by atoms with Gasteiger partial charge in [0, 0.05) is 6.54 Å². The lowest BCUT2D eigenvalue weighted by Gasteiger charge is -2.02. The van der Waals surface area contributed by atoms with Gasteiger partial charge in [-0.1, -0.05) is 11.8 Å². The third-order valence-electron chi connectivity index (χ3n) is 0.775. The Morgan fingerprint density at radius 3 is 2.42 bits per heavy atom. The molecule has 0 saturated heterocycles. The zero-order chi connectivity index (χ0) is 7.98. The maximum absolute atomic E-state index is 10.2. The average Bonchev–Trinajstić information content (AvgIpc) is 1.89. The summed E-state index contributed by atoms with van der Waals surface area (Å²) in [6.45, 7) is 0.0754. The fraction of sp³-hybridized carbons (Fsp3) is 0.500. The highest BCUT2D eigenvalue weighted by atomic mass is 79.9. The molecule has 0 rings (SSSR count). The molecule has 0 aromatic carbocycles. The van der Waals surface area contributed by atoms with E-state index in [1.54, 1.807) is 0 Å². The molecule has 0 spiro atoms. The minimum Gasteiger partial charge on any atom is -0.480 e. The summed E-state index contributed by atoms with van der Waals surface area (Å²) in [6.07, 6.45) is 0. The monoisotopic (exact) mass is 323 g/mol. The van der Waals surface area contributed by atoms with Gasteiger partial charge in [0.15, 0.2) is 0 Å². The first-order chi connectivity index (χ1) is 4.72. The lowest BCUT2D eigenvalue weighted by molar-refractivity contribution is -0.136. The average molecular weight is 325 g/mol. The second-order valence-electron chi connectivity index (χ2n) is 1.45. The van der Waals surface area contributed by atoms with E-state index in [0.717, 1.165) is 11.8 Å². The van der Waals surface area contributed by atoms with E-state index in [4.69, 9.17) is 16.7 Å². The molecule has 8 heteroatoms. The molecule has 0 aliphatic carbocycles. The molecule has 0 aliphatic rings. The lowest BCUT2D eigenvalue weighted by atomic mass is 10.4. The predicted molar refractivity (Wildman–Crippen MR) is 61.4 cm³/mol. The number of nitrogens with zero attached hydrogens (tertiary/aromatic N) is 1. The lowest BCUT2D eigenvalue weighted by Crippen LogP contribution is -2.25. The van der Waals surface area contributed by atoms with Crippen molar-refractivity contribution >= 4 is 57.2 Å². The van der Waals surface area contributed by atoms with Crippen molar-refractivity contribution in [3.05, 3.63) is 0 Å². The number of aliphatic carboxylic acids is 1. The van der Waals surface area contributed by atoms with E-state index < -0.39 is 11.2 Å². The summed E-state index contributed by atoms with van der Waals surface area (Å²) in [5, 5.41) is 10.9. The summed E-state index contributed by atoms with van der Waals surface area (Å²) in [6, 6.07) is 0. The Labute approximate surface area is 95.5 Å². The summed E-state index contributed by atoms with van der Waals surface area (Å²) in [4.78, 5) is 10.2. The van der Waals surface area contributed by atoms with Crippen LogP contribution in [0.25, 0.3) is 0 Å². The number of hydrazone groups is 1. The number of carboxylic acids is 1. The first-order valence-corrected chi connectivity index (χ1v) is 3.46. The van der Waals surface area contributed by atoms with Crippen molar-refractivity contribution in [3.63, 3.8) is 0 Å². The fourth-order valence-electron chi connectivity index (χ4n) is 0.323. The van der Waals surface area contributed by atoms with E-state index in [1.165, 1.54) is 5.55 Å². The molecule has 0 aromatic heterocycles. The van der Waals surface area contributed by atoms with Crippen molar-refractivity contribution in [1.29, 1.82) is 0 Å². The fourth-order valence-corrected chi connectivity index (χ4v) is 0.768. The van der Waals surface area contributed by atoms with Crippen molar-refractivity contribution in [2.45, 2.75) is 5.25 Å². The Balaban J connectivity index is -0.000000405. The van der Waals surface area contributed by atoms with Gasteiger partial charge in [-0.3, -0.25) is 4.79 Å². The standard InChI is InChI=1S/C4H9N3O2S.2BrH/c5-1-3(4(8)9)10-2-7-6;;/h2-3H,1,5-6H2,(H,8,9);2*1H. The summed E-state index contributed by atoms with van der Waals surface area (Å²) < 4.78 is 0. The van der Waals surface area contributed by atoms with Gasteiger partial charge in [-0.05, 0) is 0 Å². The number of rotatable bonds is 4. The normalized spacial score (nSPS) is 11.4. The molecular formula is C4H11Br2N3O2S. The number of hydrogen-bond donors (Lipinski definition) is 3. The van der Waals surface area contributed by atoms with E-state index in [9.17, 15) is 4.79 Å². The minimum absolute atomic E-state index is 0. The number of halogens is 2. The molecular weight excluding hydrogens is 314 g/mol. The van der Waals surface area contributed by atoms with Crippen LogP contribution in [-0.2, 0) is 4.79 Å². The van der Waals surface area contributed by atoms with Crippen LogP contribution in [0.4, 0.5) is 0 Å². The molecule has 0 aliphatic heterocycles. The van der Waals surface area contributed by atoms with Gasteiger partial charge in [0.2, 0.25) is 0 Å². The zero-order valence-corrected chi connectivity index (χ0v) is 10.3. The molecule has 0 aromatic rings. The Morgan fingerprint density at radius 1 is 1.67 bits per heavy atom. The SMILES string of the molecule is Br.Br.NCC(SC=NN)C(=O)O. The summed E-state index contributed by atoms with van der Waals surface area (Å²) in [7, 11) is 0. The number of carboxylic acid groups (broad SMARTS) is 1.